The first kappa shape index (κ1) is 18.5. The normalized spacial score (nSPS) is 17.0. The summed E-state index contributed by atoms with van der Waals surface area (Å²) < 4.78 is 29.1. The molecule has 1 aliphatic rings. The molecule has 1 saturated heterocycles. The van der Waals surface area contributed by atoms with Gasteiger partial charge in [0.15, 0.2) is 5.65 Å². The van der Waals surface area contributed by atoms with Crippen molar-refractivity contribution in [3.63, 3.8) is 0 Å². The number of amides is 1. The van der Waals surface area contributed by atoms with Crippen LogP contribution in [-0.2, 0) is 4.79 Å². The third-order valence-corrected chi connectivity index (χ3v) is 5.35. The van der Waals surface area contributed by atoms with Crippen molar-refractivity contribution in [1.82, 2.24) is 19.5 Å². The molecule has 28 heavy (non-hydrogen) atoms. The van der Waals surface area contributed by atoms with E-state index in [0.29, 0.717) is 13.1 Å². The van der Waals surface area contributed by atoms with Gasteiger partial charge in [-0.1, -0.05) is 6.07 Å². The molecule has 0 radical (unpaired) electrons. The SMILES string of the molecule is C[C@H](C(=O)Nc1cc(F)ccc1F)N1CCC(c2nnc3ccccn23)CC1. The van der Waals surface area contributed by atoms with Crippen molar-refractivity contribution in [2.24, 2.45) is 0 Å². The number of pyridine rings is 1. The van der Waals surface area contributed by atoms with Crippen LogP contribution in [0.25, 0.3) is 5.65 Å². The number of benzene rings is 1. The molecule has 3 heterocycles. The maximum atomic E-state index is 13.8. The number of carbonyl (C=O) groups is 1. The Kier molecular flexibility index (Phi) is 5.04. The van der Waals surface area contributed by atoms with Crippen molar-refractivity contribution >= 4 is 17.2 Å². The highest BCUT2D eigenvalue weighted by Gasteiger charge is 2.29. The van der Waals surface area contributed by atoms with Crippen LogP contribution in [0.15, 0.2) is 42.6 Å². The van der Waals surface area contributed by atoms with Crippen LogP contribution in [0.5, 0.6) is 0 Å². The van der Waals surface area contributed by atoms with Gasteiger partial charge in [0, 0.05) is 18.2 Å². The van der Waals surface area contributed by atoms with Gasteiger partial charge in [-0.2, -0.15) is 0 Å². The Morgan fingerprint density at radius 2 is 1.96 bits per heavy atom. The van der Waals surface area contributed by atoms with Crippen molar-refractivity contribution in [2.45, 2.75) is 31.7 Å². The number of nitrogens with zero attached hydrogens (tertiary/aromatic N) is 4. The molecule has 3 aromatic rings. The Hall–Kier alpha value is -2.87. The maximum Gasteiger partial charge on any atom is 0.241 e. The number of aromatic nitrogens is 3. The number of hydrogen-bond acceptors (Lipinski definition) is 4. The monoisotopic (exact) mass is 385 g/mol. The summed E-state index contributed by atoms with van der Waals surface area (Å²) in [6.07, 6.45) is 3.66. The molecule has 2 aromatic heterocycles. The van der Waals surface area contributed by atoms with E-state index in [9.17, 15) is 13.6 Å². The van der Waals surface area contributed by atoms with Crippen LogP contribution in [0.4, 0.5) is 14.5 Å². The minimum absolute atomic E-state index is 0.137. The molecule has 8 heteroatoms. The lowest BCUT2D eigenvalue weighted by Gasteiger charge is -2.34. The highest BCUT2D eigenvalue weighted by atomic mass is 19.1. The van der Waals surface area contributed by atoms with Gasteiger partial charge in [0.1, 0.15) is 17.5 Å². The van der Waals surface area contributed by atoms with Gasteiger partial charge in [-0.05, 0) is 57.1 Å². The highest BCUT2D eigenvalue weighted by Crippen LogP contribution is 2.28. The van der Waals surface area contributed by atoms with Gasteiger partial charge >= 0.3 is 0 Å². The molecule has 6 nitrogen and oxygen atoms in total. The Bertz CT molecular complexity index is 997. The van der Waals surface area contributed by atoms with Gasteiger partial charge in [0.2, 0.25) is 5.91 Å². The lowest BCUT2D eigenvalue weighted by molar-refractivity contribution is -0.121. The Morgan fingerprint density at radius 3 is 2.75 bits per heavy atom. The molecule has 1 aromatic carbocycles. The van der Waals surface area contributed by atoms with E-state index in [1.54, 1.807) is 6.92 Å². The molecule has 1 aliphatic heterocycles. The van der Waals surface area contributed by atoms with E-state index in [-0.39, 0.29) is 17.5 Å². The van der Waals surface area contributed by atoms with Crippen LogP contribution in [0.3, 0.4) is 0 Å². The number of piperidine rings is 1. The van der Waals surface area contributed by atoms with Crippen LogP contribution >= 0.6 is 0 Å². The van der Waals surface area contributed by atoms with Crippen molar-refractivity contribution in [2.75, 3.05) is 18.4 Å². The van der Waals surface area contributed by atoms with Crippen molar-refractivity contribution in [3.05, 3.63) is 60.1 Å². The predicted molar refractivity (Wildman–Crippen MR) is 101 cm³/mol. The summed E-state index contributed by atoms with van der Waals surface area (Å²) in [6.45, 7) is 3.21. The van der Waals surface area contributed by atoms with Crippen LogP contribution in [0.2, 0.25) is 0 Å². The van der Waals surface area contributed by atoms with Gasteiger partial charge in [-0.3, -0.25) is 14.1 Å². The van der Waals surface area contributed by atoms with Crippen molar-refractivity contribution < 1.29 is 13.6 Å². The number of carbonyl (C=O) groups excluding carboxylic acids is 1. The molecule has 0 bridgehead atoms. The fraction of sp³-hybridized carbons (Fsp3) is 0.350. The average molecular weight is 385 g/mol. The smallest absolute Gasteiger partial charge is 0.241 e. The highest BCUT2D eigenvalue weighted by molar-refractivity contribution is 5.94. The molecule has 0 spiro atoms. The topological polar surface area (TPSA) is 62.5 Å². The first-order valence-corrected chi connectivity index (χ1v) is 9.32. The zero-order valence-corrected chi connectivity index (χ0v) is 15.5. The van der Waals surface area contributed by atoms with E-state index in [2.05, 4.69) is 15.5 Å². The molecule has 1 amide bonds. The Balaban J connectivity index is 1.39. The zero-order valence-electron chi connectivity index (χ0n) is 15.5. The second-order valence-corrected chi connectivity index (χ2v) is 7.09. The second kappa shape index (κ2) is 7.63. The Labute approximate surface area is 161 Å². The van der Waals surface area contributed by atoms with Crippen molar-refractivity contribution in [1.29, 1.82) is 0 Å². The van der Waals surface area contributed by atoms with E-state index in [4.69, 9.17) is 0 Å². The van der Waals surface area contributed by atoms with Gasteiger partial charge in [0.05, 0.1) is 11.7 Å². The lowest BCUT2D eigenvalue weighted by atomic mass is 9.95. The minimum Gasteiger partial charge on any atom is -0.322 e. The van der Waals surface area contributed by atoms with Crippen LogP contribution in [-0.4, -0.2) is 44.5 Å². The lowest BCUT2D eigenvalue weighted by Crippen LogP contribution is -2.46. The van der Waals surface area contributed by atoms with E-state index in [1.807, 2.05) is 33.7 Å². The first-order valence-electron chi connectivity index (χ1n) is 9.32. The quantitative estimate of drug-likeness (QED) is 0.749. The summed E-state index contributed by atoms with van der Waals surface area (Å²) in [4.78, 5) is 14.5. The molecular weight excluding hydrogens is 364 g/mol. The van der Waals surface area contributed by atoms with E-state index < -0.39 is 17.7 Å². The molecule has 0 saturated carbocycles. The third-order valence-electron chi connectivity index (χ3n) is 5.35. The fourth-order valence-electron chi connectivity index (χ4n) is 3.68. The maximum absolute atomic E-state index is 13.8. The molecule has 1 atom stereocenters. The number of rotatable bonds is 4. The number of fused-ring (bicyclic) bond motifs is 1. The van der Waals surface area contributed by atoms with E-state index >= 15 is 0 Å². The molecule has 4 rings (SSSR count). The Morgan fingerprint density at radius 1 is 1.18 bits per heavy atom. The van der Waals surface area contributed by atoms with E-state index in [0.717, 1.165) is 42.5 Å². The molecule has 0 aliphatic carbocycles. The molecular formula is C20H21F2N5O. The molecule has 1 fully saturated rings. The summed E-state index contributed by atoms with van der Waals surface area (Å²) in [5.41, 5.74) is 0.687. The molecule has 146 valence electrons. The largest absolute Gasteiger partial charge is 0.322 e. The fourth-order valence-corrected chi connectivity index (χ4v) is 3.68. The van der Waals surface area contributed by atoms with Crippen LogP contribution in [0.1, 0.15) is 31.5 Å². The number of likely N-dealkylation sites (tertiary alicyclic amines) is 1. The first-order chi connectivity index (χ1) is 13.5. The summed E-state index contributed by atoms with van der Waals surface area (Å²) in [6, 6.07) is 8.37. The number of nitrogens with one attached hydrogen (secondary N) is 1. The summed E-state index contributed by atoms with van der Waals surface area (Å²) in [5.74, 6) is -0.389. The van der Waals surface area contributed by atoms with Gasteiger partial charge < -0.3 is 5.32 Å². The van der Waals surface area contributed by atoms with Gasteiger partial charge in [-0.25, -0.2) is 8.78 Å². The standard InChI is InChI=1S/C20H21F2N5O/c1-13(20(28)23-17-12-15(21)5-6-16(17)22)26-10-7-14(8-11-26)19-25-24-18-4-2-3-9-27(18)19/h2-6,9,12-14H,7-8,10-11H2,1H3,(H,23,28)/t13-/m1/s1. The van der Waals surface area contributed by atoms with Crippen molar-refractivity contribution in [3.8, 4) is 0 Å². The minimum atomic E-state index is -0.653. The van der Waals surface area contributed by atoms with Gasteiger partial charge in [0.25, 0.3) is 0 Å². The number of halogens is 2. The summed E-state index contributed by atoms with van der Waals surface area (Å²) in [7, 11) is 0. The average Bonchev–Trinajstić information content (AvgIpc) is 3.14. The van der Waals surface area contributed by atoms with Crippen LogP contribution in [0, 0.1) is 11.6 Å². The number of hydrogen-bond donors (Lipinski definition) is 1. The molecule has 1 N–H and O–H groups in total. The molecule has 0 unspecified atom stereocenters. The second-order valence-electron chi connectivity index (χ2n) is 7.09. The summed E-state index contributed by atoms with van der Waals surface area (Å²) >= 11 is 0. The van der Waals surface area contributed by atoms with Crippen LogP contribution < -0.4 is 5.32 Å². The van der Waals surface area contributed by atoms with Gasteiger partial charge in [-0.15, -0.1) is 10.2 Å². The van der Waals surface area contributed by atoms with E-state index in [1.165, 1.54) is 0 Å². The number of anilines is 1. The third kappa shape index (κ3) is 3.60. The predicted octanol–water partition coefficient (Wildman–Crippen LogP) is 3.21. The summed E-state index contributed by atoms with van der Waals surface area (Å²) in [5, 5.41) is 11.0. The zero-order chi connectivity index (χ0) is 19.7.